The van der Waals surface area contributed by atoms with Crippen LogP contribution in [-0.2, 0) is 33.3 Å². The van der Waals surface area contributed by atoms with Crippen molar-refractivity contribution < 1.29 is 33.3 Å². The number of carbonyl (C=O) groups is 3. The Hall–Kier alpha value is -1.89. The van der Waals surface area contributed by atoms with E-state index in [2.05, 4.69) is 6.58 Å². The zero-order valence-electron chi connectivity index (χ0n) is 12.4. The van der Waals surface area contributed by atoms with Crippen molar-refractivity contribution in [2.24, 2.45) is 0 Å². The quantitative estimate of drug-likeness (QED) is 0.406. The maximum atomic E-state index is 11.2. The van der Waals surface area contributed by atoms with Crippen LogP contribution in [-0.4, -0.2) is 48.9 Å². The van der Waals surface area contributed by atoms with Crippen LogP contribution in [0, 0.1) is 0 Å². The van der Waals surface area contributed by atoms with E-state index in [0.29, 0.717) is 6.42 Å². The summed E-state index contributed by atoms with van der Waals surface area (Å²) in [5.74, 6) is -1.52. The lowest BCUT2D eigenvalue weighted by Gasteiger charge is -2.23. The standard InChI is InChI=1S/C14H20O7/c1-5-6-11-13(19-9(3)16)14(20-10(4)17)12(21-11)7-18-8(2)15/h5,11-14H,1,6-7H2,2-4H3/t11-,12+,13-,14+/m0/s1. The van der Waals surface area contributed by atoms with Crippen molar-refractivity contribution >= 4 is 17.9 Å². The van der Waals surface area contributed by atoms with Crippen LogP contribution in [0.1, 0.15) is 27.2 Å². The third-order valence-electron chi connectivity index (χ3n) is 2.86. The zero-order chi connectivity index (χ0) is 16.0. The smallest absolute Gasteiger partial charge is 0.303 e. The molecule has 0 radical (unpaired) electrons. The Morgan fingerprint density at radius 1 is 1.00 bits per heavy atom. The van der Waals surface area contributed by atoms with Crippen molar-refractivity contribution in [3.63, 3.8) is 0 Å². The predicted octanol–water partition coefficient (Wildman–Crippen LogP) is 0.756. The second kappa shape index (κ2) is 7.78. The fourth-order valence-electron chi connectivity index (χ4n) is 2.16. The molecule has 0 aromatic heterocycles. The monoisotopic (exact) mass is 300 g/mol. The van der Waals surface area contributed by atoms with Gasteiger partial charge in [0.1, 0.15) is 18.8 Å². The van der Waals surface area contributed by atoms with Crippen LogP contribution in [0.3, 0.4) is 0 Å². The van der Waals surface area contributed by atoms with Crippen LogP contribution in [0.25, 0.3) is 0 Å². The number of ether oxygens (including phenoxy) is 4. The van der Waals surface area contributed by atoms with Crippen LogP contribution >= 0.6 is 0 Å². The second-order valence-corrected chi connectivity index (χ2v) is 4.69. The Kier molecular flexibility index (Phi) is 6.36. The van der Waals surface area contributed by atoms with Crippen molar-refractivity contribution in [2.75, 3.05) is 6.61 Å². The first-order valence-electron chi connectivity index (χ1n) is 6.59. The fraction of sp³-hybridized carbons (Fsp3) is 0.643. The van der Waals surface area contributed by atoms with Gasteiger partial charge in [0.25, 0.3) is 0 Å². The average molecular weight is 300 g/mol. The molecular weight excluding hydrogens is 280 g/mol. The highest BCUT2D eigenvalue weighted by atomic mass is 16.6. The Balaban J connectivity index is 2.89. The molecule has 1 rings (SSSR count). The SMILES string of the molecule is C=CC[C@@H]1O[C@H](COC(C)=O)[C@@H](OC(C)=O)[C@H]1OC(C)=O. The van der Waals surface area contributed by atoms with Gasteiger partial charge in [0.2, 0.25) is 0 Å². The Morgan fingerprint density at radius 3 is 1.95 bits per heavy atom. The summed E-state index contributed by atoms with van der Waals surface area (Å²) in [6.07, 6.45) is -0.754. The summed E-state index contributed by atoms with van der Waals surface area (Å²) < 4.78 is 20.9. The van der Waals surface area contributed by atoms with Crippen LogP contribution in [0.15, 0.2) is 12.7 Å². The number of hydrogen-bond acceptors (Lipinski definition) is 7. The molecule has 0 amide bonds. The number of rotatable bonds is 6. The van der Waals surface area contributed by atoms with Gasteiger partial charge in [-0.05, 0) is 6.42 Å². The molecule has 0 bridgehead atoms. The lowest BCUT2D eigenvalue weighted by atomic mass is 10.1. The van der Waals surface area contributed by atoms with Gasteiger partial charge in [-0.3, -0.25) is 14.4 Å². The van der Waals surface area contributed by atoms with E-state index in [9.17, 15) is 14.4 Å². The molecule has 7 heteroatoms. The van der Waals surface area contributed by atoms with Crippen LogP contribution in [0.4, 0.5) is 0 Å². The highest BCUT2D eigenvalue weighted by molar-refractivity contribution is 5.68. The number of esters is 3. The average Bonchev–Trinajstić information content (AvgIpc) is 2.65. The molecule has 0 aromatic carbocycles. The number of carbonyl (C=O) groups excluding carboxylic acids is 3. The van der Waals surface area contributed by atoms with Crippen molar-refractivity contribution in [3.8, 4) is 0 Å². The van der Waals surface area contributed by atoms with E-state index >= 15 is 0 Å². The molecule has 7 nitrogen and oxygen atoms in total. The van der Waals surface area contributed by atoms with Crippen molar-refractivity contribution in [3.05, 3.63) is 12.7 Å². The first-order chi connectivity index (χ1) is 9.85. The van der Waals surface area contributed by atoms with E-state index in [1.807, 2.05) is 0 Å². The van der Waals surface area contributed by atoms with E-state index in [-0.39, 0.29) is 6.61 Å². The van der Waals surface area contributed by atoms with Crippen LogP contribution in [0.5, 0.6) is 0 Å². The lowest BCUT2D eigenvalue weighted by Crippen LogP contribution is -2.41. The molecule has 0 spiro atoms. The third kappa shape index (κ3) is 5.18. The van der Waals surface area contributed by atoms with Crippen molar-refractivity contribution in [1.29, 1.82) is 0 Å². The predicted molar refractivity (Wildman–Crippen MR) is 71.2 cm³/mol. The van der Waals surface area contributed by atoms with Gasteiger partial charge in [-0.25, -0.2) is 0 Å². The maximum Gasteiger partial charge on any atom is 0.303 e. The minimum absolute atomic E-state index is 0.0846. The molecule has 0 aromatic rings. The Morgan fingerprint density at radius 2 is 1.52 bits per heavy atom. The molecule has 4 atom stereocenters. The largest absolute Gasteiger partial charge is 0.463 e. The topological polar surface area (TPSA) is 88.1 Å². The molecular formula is C14H20O7. The zero-order valence-corrected chi connectivity index (χ0v) is 12.4. The molecule has 1 fully saturated rings. The van der Waals surface area contributed by atoms with Gasteiger partial charge in [-0.1, -0.05) is 6.08 Å². The highest BCUT2D eigenvalue weighted by Crippen LogP contribution is 2.29. The van der Waals surface area contributed by atoms with Crippen LogP contribution in [0.2, 0.25) is 0 Å². The fourth-order valence-corrected chi connectivity index (χ4v) is 2.16. The Bertz CT molecular complexity index is 418. The van der Waals surface area contributed by atoms with Crippen LogP contribution < -0.4 is 0 Å². The van der Waals surface area contributed by atoms with Gasteiger partial charge in [-0.15, -0.1) is 6.58 Å². The van der Waals surface area contributed by atoms with Crippen molar-refractivity contribution in [1.82, 2.24) is 0 Å². The molecule has 0 aliphatic carbocycles. The molecule has 21 heavy (non-hydrogen) atoms. The summed E-state index contributed by atoms with van der Waals surface area (Å²) in [5, 5.41) is 0. The molecule has 1 aliphatic rings. The van der Waals surface area contributed by atoms with Gasteiger partial charge in [-0.2, -0.15) is 0 Å². The third-order valence-corrected chi connectivity index (χ3v) is 2.86. The maximum absolute atomic E-state index is 11.2. The summed E-state index contributed by atoms with van der Waals surface area (Å²) in [5.41, 5.74) is 0. The molecule has 1 heterocycles. The minimum Gasteiger partial charge on any atom is -0.463 e. The van der Waals surface area contributed by atoms with Gasteiger partial charge >= 0.3 is 17.9 Å². The normalized spacial score (nSPS) is 27.8. The first-order valence-corrected chi connectivity index (χ1v) is 6.59. The Labute approximate surface area is 123 Å². The van der Waals surface area contributed by atoms with Gasteiger partial charge in [0.05, 0.1) is 0 Å². The van der Waals surface area contributed by atoms with Gasteiger partial charge in [0, 0.05) is 20.8 Å². The second-order valence-electron chi connectivity index (χ2n) is 4.69. The summed E-state index contributed by atoms with van der Waals surface area (Å²) in [6, 6.07) is 0. The summed E-state index contributed by atoms with van der Waals surface area (Å²) in [7, 11) is 0. The van der Waals surface area contributed by atoms with Gasteiger partial charge in [0.15, 0.2) is 12.2 Å². The van der Waals surface area contributed by atoms with Crippen molar-refractivity contribution in [2.45, 2.75) is 51.6 Å². The number of hydrogen-bond donors (Lipinski definition) is 0. The molecule has 0 N–H and O–H groups in total. The molecule has 0 unspecified atom stereocenters. The summed E-state index contributed by atoms with van der Waals surface area (Å²) >= 11 is 0. The van der Waals surface area contributed by atoms with E-state index in [0.717, 1.165) is 0 Å². The van der Waals surface area contributed by atoms with E-state index < -0.39 is 42.3 Å². The minimum atomic E-state index is -0.823. The first kappa shape index (κ1) is 17.2. The lowest BCUT2D eigenvalue weighted by molar-refractivity contribution is -0.165. The molecule has 0 saturated carbocycles. The summed E-state index contributed by atoms with van der Waals surface area (Å²) in [6.45, 7) is 7.29. The van der Waals surface area contributed by atoms with E-state index in [1.54, 1.807) is 6.08 Å². The van der Waals surface area contributed by atoms with Gasteiger partial charge < -0.3 is 18.9 Å². The van der Waals surface area contributed by atoms with E-state index in [4.69, 9.17) is 18.9 Å². The molecule has 1 aliphatic heterocycles. The van der Waals surface area contributed by atoms with E-state index in [1.165, 1.54) is 20.8 Å². The molecule has 118 valence electrons. The molecule has 1 saturated heterocycles. The highest BCUT2D eigenvalue weighted by Gasteiger charge is 2.48. The summed E-state index contributed by atoms with van der Waals surface area (Å²) in [4.78, 5) is 33.4.